The zero-order valence-corrected chi connectivity index (χ0v) is 15.6. The molecular weight excluding hydrogens is 355 g/mol. The minimum absolute atomic E-state index is 0.194. The third-order valence-corrected chi connectivity index (χ3v) is 4.52. The highest BCUT2D eigenvalue weighted by Gasteiger charge is 2.15. The van der Waals surface area contributed by atoms with Crippen LogP contribution in [0.5, 0.6) is 0 Å². The first-order valence-corrected chi connectivity index (χ1v) is 9.83. The molecule has 0 radical (unpaired) electrons. The monoisotopic (exact) mass is 376 g/mol. The van der Waals surface area contributed by atoms with Gasteiger partial charge in [-0.3, -0.25) is 9.52 Å². The molecule has 138 valence electrons. The Bertz CT molecular complexity index is 891. The molecule has 5 nitrogen and oxygen atoms in total. The van der Waals surface area contributed by atoms with Crippen LogP contribution in [-0.4, -0.2) is 32.5 Å². The van der Waals surface area contributed by atoms with E-state index in [4.69, 9.17) is 0 Å². The Morgan fingerprint density at radius 3 is 2.23 bits per heavy atom. The molecule has 0 bridgehead atoms. The quantitative estimate of drug-likeness (QED) is 0.786. The highest BCUT2D eigenvalue weighted by Crippen LogP contribution is 2.19. The Balaban J connectivity index is 2.02. The van der Waals surface area contributed by atoms with Crippen LogP contribution in [-0.2, 0) is 14.8 Å². The molecule has 0 spiro atoms. The maximum Gasteiger partial charge on any atom is 0.246 e. The van der Waals surface area contributed by atoms with Crippen LogP contribution in [0.3, 0.4) is 0 Å². The number of carbonyl (C=O) groups is 1. The first-order chi connectivity index (χ1) is 12.2. The number of hydrogen-bond donors (Lipinski definition) is 1. The van der Waals surface area contributed by atoms with Gasteiger partial charge in [0.05, 0.1) is 12.3 Å². The van der Waals surface area contributed by atoms with E-state index in [0.717, 1.165) is 17.4 Å². The van der Waals surface area contributed by atoms with Gasteiger partial charge in [-0.1, -0.05) is 24.3 Å². The second-order valence-electron chi connectivity index (χ2n) is 6.01. The molecule has 2 rings (SSSR count). The molecule has 1 atom stereocenters. The molecule has 2 aromatic rings. The number of amides is 1. The van der Waals surface area contributed by atoms with E-state index in [2.05, 4.69) is 4.72 Å². The van der Waals surface area contributed by atoms with Crippen LogP contribution < -0.4 is 4.72 Å². The van der Waals surface area contributed by atoms with Gasteiger partial charge in [0.15, 0.2) is 0 Å². The third kappa shape index (κ3) is 5.70. The zero-order valence-electron chi connectivity index (χ0n) is 14.8. The maximum absolute atomic E-state index is 13.0. The number of halogens is 1. The van der Waals surface area contributed by atoms with Crippen molar-refractivity contribution < 1.29 is 17.6 Å². The van der Waals surface area contributed by atoms with Gasteiger partial charge in [0.2, 0.25) is 15.9 Å². The molecule has 1 N–H and O–H groups in total. The second-order valence-corrected chi connectivity index (χ2v) is 7.75. The van der Waals surface area contributed by atoms with Gasteiger partial charge in [0.1, 0.15) is 5.82 Å². The van der Waals surface area contributed by atoms with Gasteiger partial charge in [0.25, 0.3) is 0 Å². The number of sulfonamides is 1. The standard InChI is InChI=1S/C19H21FN2O3S/c1-14(16-7-9-17(20)10-8-16)22(2)19(23)13-6-15-4-11-18(12-5-15)21-26(3,24)25/h4-14,21H,1-3H3/b13-6-/t14-/m1/s1. The SMILES string of the molecule is C[C@H](c1ccc(F)cc1)N(C)C(=O)/C=C\c1ccc(NS(C)(=O)=O)cc1. The first-order valence-electron chi connectivity index (χ1n) is 7.94. The number of nitrogens with one attached hydrogen (secondary N) is 1. The molecule has 1 amide bonds. The number of rotatable bonds is 6. The van der Waals surface area contributed by atoms with Crippen molar-refractivity contribution in [2.24, 2.45) is 0 Å². The summed E-state index contributed by atoms with van der Waals surface area (Å²) in [6, 6.07) is 12.5. The lowest BCUT2D eigenvalue weighted by molar-refractivity contribution is -0.126. The zero-order chi connectivity index (χ0) is 19.3. The lowest BCUT2D eigenvalue weighted by Gasteiger charge is -2.24. The number of benzene rings is 2. The second kappa shape index (κ2) is 8.14. The van der Waals surface area contributed by atoms with Crippen LogP contribution in [0.15, 0.2) is 54.6 Å². The van der Waals surface area contributed by atoms with Crippen molar-refractivity contribution in [1.29, 1.82) is 0 Å². The fraction of sp³-hybridized carbons (Fsp3) is 0.211. The molecule has 0 saturated carbocycles. The molecule has 0 aromatic heterocycles. The summed E-state index contributed by atoms with van der Waals surface area (Å²) in [5, 5.41) is 0. The van der Waals surface area contributed by atoms with E-state index in [0.29, 0.717) is 5.69 Å². The summed E-state index contributed by atoms with van der Waals surface area (Å²) in [4.78, 5) is 13.9. The molecule has 0 aliphatic rings. The number of carbonyl (C=O) groups excluding carboxylic acids is 1. The first kappa shape index (κ1) is 19.7. The van der Waals surface area contributed by atoms with E-state index in [1.807, 2.05) is 6.92 Å². The van der Waals surface area contributed by atoms with E-state index < -0.39 is 10.0 Å². The molecule has 26 heavy (non-hydrogen) atoms. The largest absolute Gasteiger partial charge is 0.335 e. The van der Waals surface area contributed by atoms with Gasteiger partial charge in [-0.25, -0.2) is 12.8 Å². The van der Waals surface area contributed by atoms with Gasteiger partial charge < -0.3 is 4.90 Å². The summed E-state index contributed by atoms with van der Waals surface area (Å²) >= 11 is 0. The van der Waals surface area contributed by atoms with Crippen molar-refractivity contribution in [3.63, 3.8) is 0 Å². The van der Waals surface area contributed by atoms with E-state index in [1.165, 1.54) is 18.2 Å². The summed E-state index contributed by atoms with van der Waals surface area (Å²) in [5.41, 5.74) is 2.06. The third-order valence-electron chi connectivity index (χ3n) is 3.91. The average molecular weight is 376 g/mol. The predicted octanol–water partition coefficient (Wildman–Crippen LogP) is 3.43. The topological polar surface area (TPSA) is 66.5 Å². The van der Waals surface area contributed by atoms with Crippen molar-refractivity contribution in [1.82, 2.24) is 4.90 Å². The van der Waals surface area contributed by atoms with Crippen molar-refractivity contribution in [2.75, 3.05) is 18.0 Å². The average Bonchev–Trinajstić information content (AvgIpc) is 2.59. The van der Waals surface area contributed by atoms with Crippen LogP contribution in [0.1, 0.15) is 24.1 Å². The minimum atomic E-state index is -3.32. The number of nitrogens with zero attached hydrogens (tertiary/aromatic N) is 1. The molecule has 0 aliphatic carbocycles. The lowest BCUT2D eigenvalue weighted by atomic mass is 10.1. The van der Waals surface area contributed by atoms with E-state index in [-0.39, 0.29) is 17.8 Å². The molecule has 0 unspecified atom stereocenters. The number of likely N-dealkylation sites (N-methyl/N-ethyl adjacent to an activating group) is 1. The maximum atomic E-state index is 13.0. The highest BCUT2D eigenvalue weighted by atomic mass is 32.2. The molecular formula is C19H21FN2O3S. The summed E-state index contributed by atoms with van der Waals surface area (Å²) in [6.45, 7) is 1.87. The van der Waals surface area contributed by atoms with Gasteiger partial charge in [-0.05, 0) is 48.4 Å². The Morgan fingerprint density at radius 1 is 1.12 bits per heavy atom. The van der Waals surface area contributed by atoms with Gasteiger partial charge in [0, 0.05) is 18.8 Å². The van der Waals surface area contributed by atoms with E-state index >= 15 is 0 Å². The predicted molar refractivity (Wildman–Crippen MR) is 102 cm³/mol. The van der Waals surface area contributed by atoms with Crippen LogP contribution in [0, 0.1) is 5.82 Å². The van der Waals surface area contributed by atoms with Crippen LogP contribution in [0.2, 0.25) is 0 Å². The van der Waals surface area contributed by atoms with E-state index in [9.17, 15) is 17.6 Å². The van der Waals surface area contributed by atoms with Crippen LogP contribution in [0.4, 0.5) is 10.1 Å². The van der Waals surface area contributed by atoms with Crippen LogP contribution >= 0.6 is 0 Å². The molecule has 0 aliphatic heterocycles. The van der Waals surface area contributed by atoms with Gasteiger partial charge in [-0.2, -0.15) is 0 Å². The van der Waals surface area contributed by atoms with Crippen LogP contribution in [0.25, 0.3) is 6.08 Å². The molecule has 0 saturated heterocycles. The molecule has 0 fully saturated rings. The molecule has 7 heteroatoms. The Labute approximate surface area is 153 Å². The fourth-order valence-corrected chi connectivity index (χ4v) is 2.88. The molecule has 2 aromatic carbocycles. The minimum Gasteiger partial charge on any atom is -0.335 e. The van der Waals surface area contributed by atoms with Crippen molar-refractivity contribution >= 4 is 27.7 Å². The van der Waals surface area contributed by atoms with Gasteiger partial charge >= 0.3 is 0 Å². The summed E-state index contributed by atoms with van der Waals surface area (Å²) < 4.78 is 37.7. The number of hydrogen-bond acceptors (Lipinski definition) is 3. The Kier molecular flexibility index (Phi) is 6.15. The fourth-order valence-electron chi connectivity index (χ4n) is 2.32. The lowest BCUT2D eigenvalue weighted by Crippen LogP contribution is -2.27. The smallest absolute Gasteiger partial charge is 0.246 e. The van der Waals surface area contributed by atoms with Crippen molar-refractivity contribution in [3.8, 4) is 0 Å². The highest BCUT2D eigenvalue weighted by molar-refractivity contribution is 7.92. The summed E-state index contributed by atoms with van der Waals surface area (Å²) in [6.07, 6.45) is 4.18. The van der Waals surface area contributed by atoms with Crippen molar-refractivity contribution in [3.05, 3.63) is 71.6 Å². The number of anilines is 1. The van der Waals surface area contributed by atoms with Crippen molar-refractivity contribution in [2.45, 2.75) is 13.0 Å². The van der Waals surface area contributed by atoms with Gasteiger partial charge in [-0.15, -0.1) is 0 Å². The summed E-state index contributed by atoms with van der Waals surface area (Å²) in [7, 11) is -1.64. The summed E-state index contributed by atoms with van der Waals surface area (Å²) in [5.74, 6) is -0.510. The molecule has 0 heterocycles. The normalized spacial score (nSPS) is 12.8. The Hall–Kier alpha value is -2.67. The van der Waals surface area contributed by atoms with E-state index in [1.54, 1.807) is 54.4 Å². The Morgan fingerprint density at radius 2 is 1.69 bits per heavy atom.